The number of fused-ring (bicyclic) bond motifs is 3. The lowest BCUT2D eigenvalue weighted by Crippen LogP contribution is -2.34. The lowest BCUT2D eigenvalue weighted by molar-refractivity contribution is 0.0220. The maximum atomic E-state index is 12.5. The molecule has 2 aliphatic rings. The van der Waals surface area contributed by atoms with Crippen molar-refractivity contribution in [2.75, 3.05) is 19.7 Å². The summed E-state index contributed by atoms with van der Waals surface area (Å²) in [7, 11) is 0. The number of rotatable bonds is 1. The van der Waals surface area contributed by atoms with Crippen LogP contribution in [0.2, 0.25) is 5.02 Å². The van der Waals surface area contributed by atoms with Crippen LogP contribution in [-0.4, -0.2) is 35.4 Å². The van der Waals surface area contributed by atoms with E-state index in [2.05, 4.69) is 15.3 Å². The Labute approximate surface area is 126 Å². The van der Waals surface area contributed by atoms with Crippen LogP contribution in [-0.2, 0) is 4.74 Å². The molecule has 1 fully saturated rings. The number of nitrogens with zero attached hydrogens (tertiary/aromatic N) is 2. The third kappa shape index (κ3) is 2.05. The summed E-state index contributed by atoms with van der Waals surface area (Å²) in [5.74, 6) is 0.447. The van der Waals surface area contributed by atoms with Crippen LogP contribution in [0.5, 0.6) is 0 Å². The minimum atomic E-state index is -0.204. The summed E-state index contributed by atoms with van der Waals surface area (Å²) in [6.07, 6.45) is 1.50. The molecule has 1 atom stereocenters. The molecule has 0 radical (unpaired) electrons. The molecule has 0 amide bonds. The quantitative estimate of drug-likeness (QED) is 0.745. The molecule has 0 spiro atoms. The summed E-state index contributed by atoms with van der Waals surface area (Å²) >= 11 is 5.97. The molecule has 1 aromatic heterocycles. The lowest BCUT2D eigenvalue weighted by Gasteiger charge is -2.22. The van der Waals surface area contributed by atoms with Gasteiger partial charge in [0, 0.05) is 35.4 Å². The first-order chi connectivity index (χ1) is 10.2. The largest absolute Gasteiger partial charge is 0.368 e. The molecule has 0 bridgehead atoms. The molecular weight excluding hydrogens is 290 g/mol. The third-order valence-electron chi connectivity index (χ3n) is 3.75. The van der Waals surface area contributed by atoms with Gasteiger partial charge in [-0.1, -0.05) is 17.7 Å². The molecule has 1 saturated heterocycles. The Morgan fingerprint density at radius 2 is 2.19 bits per heavy atom. The zero-order valence-corrected chi connectivity index (χ0v) is 11.9. The van der Waals surface area contributed by atoms with Crippen molar-refractivity contribution in [2.45, 2.75) is 6.10 Å². The van der Waals surface area contributed by atoms with Gasteiger partial charge in [-0.2, -0.15) is 0 Å². The van der Waals surface area contributed by atoms with Crippen LogP contribution in [0.15, 0.2) is 24.4 Å². The van der Waals surface area contributed by atoms with Gasteiger partial charge >= 0.3 is 0 Å². The van der Waals surface area contributed by atoms with E-state index >= 15 is 0 Å². The Balaban J connectivity index is 1.78. The fourth-order valence-electron chi connectivity index (χ4n) is 2.72. The Morgan fingerprint density at radius 1 is 1.29 bits per heavy atom. The van der Waals surface area contributed by atoms with Crippen molar-refractivity contribution < 1.29 is 9.53 Å². The molecule has 106 valence electrons. The molecule has 1 unspecified atom stereocenters. The number of ketones is 1. The van der Waals surface area contributed by atoms with Gasteiger partial charge in [0.1, 0.15) is 11.8 Å². The molecule has 1 aliphatic carbocycles. The molecular formula is C15H12ClN3O2. The van der Waals surface area contributed by atoms with E-state index in [-0.39, 0.29) is 11.9 Å². The lowest BCUT2D eigenvalue weighted by atomic mass is 10.1. The number of aromatic nitrogens is 2. The standard InChI is InChI=1S/C15H12ClN3O2/c16-8-1-2-9-10(5-8)14(20)13-11(9)6-18-15(19-13)12-7-17-3-4-21-12/h1-2,5-6,12,17H,3-4,7H2. The number of halogens is 1. The van der Waals surface area contributed by atoms with Gasteiger partial charge in [-0.05, 0) is 17.7 Å². The predicted octanol–water partition coefficient (Wildman–Crippen LogP) is 2.00. The van der Waals surface area contributed by atoms with Gasteiger partial charge in [-0.3, -0.25) is 4.79 Å². The predicted molar refractivity (Wildman–Crippen MR) is 77.5 cm³/mol. The SMILES string of the molecule is O=C1c2cc(Cl)ccc2-c2cnc(C3CNCCO3)nc21. The molecule has 1 N–H and O–H groups in total. The molecule has 21 heavy (non-hydrogen) atoms. The molecule has 5 nitrogen and oxygen atoms in total. The third-order valence-corrected chi connectivity index (χ3v) is 3.99. The summed E-state index contributed by atoms with van der Waals surface area (Å²) in [5.41, 5.74) is 2.63. The van der Waals surface area contributed by atoms with Gasteiger partial charge < -0.3 is 10.1 Å². The second-order valence-electron chi connectivity index (χ2n) is 5.07. The maximum Gasteiger partial charge on any atom is 0.212 e. The van der Waals surface area contributed by atoms with Gasteiger partial charge in [0.2, 0.25) is 5.78 Å². The van der Waals surface area contributed by atoms with Crippen LogP contribution in [0.4, 0.5) is 0 Å². The van der Waals surface area contributed by atoms with Crippen molar-refractivity contribution in [2.24, 2.45) is 0 Å². The van der Waals surface area contributed by atoms with Crippen molar-refractivity contribution in [1.29, 1.82) is 0 Å². The maximum absolute atomic E-state index is 12.5. The molecule has 1 aromatic carbocycles. The Morgan fingerprint density at radius 3 is 3.00 bits per heavy atom. The van der Waals surface area contributed by atoms with E-state index in [4.69, 9.17) is 16.3 Å². The van der Waals surface area contributed by atoms with E-state index in [0.717, 1.165) is 17.7 Å². The van der Waals surface area contributed by atoms with Gasteiger partial charge in [-0.15, -0.1) is 0 Å². The van der Waals surface area contributed by atoms with Crippen LogP contribution in [0, 0.1) is 0 Å². The fraction of sp³-hybridized carbons (Fsp3) is 0.267. The number of hydrogen-bond acceptors (Lipinski definition) is 5. The number of ether oxygens (including phenoxy) is 1. The zero-order valence-electron chi connectivity index (χ0n) is 11.1. The Hall–Kier alpha value is -1.82. The van der Waals surface area contributed by atoms with Crippen LogP contribution in [0.25, 0.3) is 11.1 Å². The zero-order chi connectivity index (χ0) is 14.4. The first kappa shape index (κ1) is 12.9. The molecule has 4 rings (SSSR count). The highest BCUT2D eigenvalue weighted by molar-refractivity contribution is 6.32. The number of carbonyl (C=O) groups excluding carboxylic acids is 1. The van der Waals surface area contributed by atoms with Crippen LogP contribution < -0.4 is 5.32 Å². The highest BCUT2D eigenvalue weighted by Crippen LogP contribution is 2.36. The average Bonchev–Trinajstić information content (AvgIpc) is 2.80. The van der Waals surface area contributed by atoms with Crippen LogP contribution >= 0.6 is 11.6 Å². The molecule has 0 saturated carbocycles. The topological polar surface area (TPSA) is 64.1 Å². The highest BCUT2D eigenvalue weighted by Gasteiger charge is 2.30. The first-order valence-corrected chi connectivity index (χ1v) is 7.16. The summed E-state index contributed by atoms with van der Waals surface area (Å²) in [6, 6.07) is 5.28. The van der Waals surface area contributed by atoms with E-state index < -0.39 is 0 Å². The molecule has 2 heterocycles. The van der Waals surface area contributed by atoms with E-state index in [9.17, 15) is 4.79 Å². The number of carbonyl (C=O) groups is 1. The van der Waals surface area contributed by atoms with Crippen molar-refractivity contribution >= 4 is 17.4 Å². The first-order valence-electron chi connectivity index (χ1n) is 6.78. The van der Waals surface area contributed by atoms with Crippen molar-refractivity contribution in [3.05, 3.63) is 46.5 Å². The Bertz CT molecular complexity index is 742. The van der Waals surface area contributed by atoms with E-state index in [1.807, 2.05) is 6.07 Å². The summed E-state index contributed by atoms with van der Waals surface area (Å²) < 4.78 is 5.64. The molecule has 2 aromatic rings. The van der Waals surface area contributed by atoms with Gasteiger partial charge in [0.25, 0.3) is 0 Å². The second-order valence-corrected chi connectivity index (χ2v) is 5.51. The average molecular weight is 302 g/mol. The number of hydrogen-bond donors (Lipinski definition) is 1. The van der Waals surface area contributed by atoms with E-state index in [1.165, 1.54) is 0 Å². The van der Waals surface area contributed by atoms with Crippen molar-refractivity contribution in [3.63, 3.8) is 0 Å². The van der Waals surface area contributed by atoms with Crippen LogP contribution in [0.1, 0.15) is 28.0 Å². The second kappa shape index (κ2) is 4.87. The minimum absolute atomic E-state index is 0.102. The van der Waals surface area contributed by atoms with E-state index in [1.54, 1.807) is 18.3 Å². The van der Waals surface area contributed by atoms with Crippen LogP contribution in [0.3, 0.4) is 0 Å². The minimum Gasteiger partial charge on any atom is -0.368 e. The molecule has 1 aliphatic heterocycles. The monoisotopic (exact) mass is 301 g/mol. The fourth-order valence-corrected chi connectivity index (χ4v) is 2.89. The van der Waals surface area contributed by atoms with Gasteiger partial charge in [0.05, 0.1) is 6.61 Å². The highest BCUT2D eigenvalue weighted by atomic mass is 35.5. The van der Waals surface area contributed by atoms with Gasteiger partial charge in [-0.25, -0.2) is 9.97 Å². The number of nitrogens with one attached hydrogen (secondary N) is 1. The summed E-state index contributed by atoms with van der Waals surface area (Å²) in [6.45, 7) is 2.10. The van der Waals surface area contributed by atoms with Gasteiger partial charge in [0.15, 0.2) is 5.82 Å². The summed E-state index contributed by atoms with van der Waals surface area (Å²) in [4.78, 5) is 21.3. The van der Waals surface area contributed by atoms with Crippen molar-refractivity contribution in [1.82, 2.24) is 15.3 Å². The number of benzene rings is 1. The normalized spacial score (nSPS) is 20.2. The molecule has 6 heteroatoms. The number of morpholine rings is 1. The van der Waals surface area contributed by atoms with Crippen molar-refractivity contribution in [3.8, 4) is 11.1 Å². The van der Waals surface area contributed by atoms with E-state index in [0.29, 0.717) is 35.3 Å². The Kier molecular flexibility index (Phi) is 2.99. The summed E-state index contributed by atoms with van der Waals surface area (Å²) in [5, 5.41) is 3.77. The smallest absolute Gasteiger partial charge is 0.212 e.